The standard InChI is InChI=1S/C56H36N2O/c1-4-17-37(18-5-1)55-44-32-34-52-54(43-25-10-15-30-51(43)59-52)53(44)45-36-39(31-33-48(45)57-55)38-19-16-24-42(35-38)58-49-28-13-11-26-46(49)56(40-20-6-2-7-21-40,41-22-8-3-9-23-41)47-27-12-14-29-50(47)58/h1-36H. The van der Waals surface area contributed by atoms with Crippen LogP contribution < -0.4 is 4.90 Å². The van der Waals surface area contributed by atoms with Gasteiger partial charge in [-0.2, -0.15) is 0 Å². The second-order valence-corrected chi connectivity index (χ2v) is 15.4. The molecule has 1 aliphatic heterocycles. The summed E-state index contributed by atoms with van der Waals surface area (Å²) >= 11 is 0. The van der Waals surface area contributed by atoms with Crippen LogP contribution in [0.5, 0.6) is 0 Å². The van der Waals surface area contributed by atoms with Crippen molar-refractivity contribution >= 4 is 60.7 Å². The van der Waals surface area contributed by atoms with Crippen LogP contribution in [0.3, 0.4) is 0 Å². The molecule has 0 saturated heterocycles. The third kappa shape index (κ3) is 4.98. The van der Waals surface area contributed by atoms with Crippen LogP contribution in [0.25, 0.3) is 66.0 Å². The van der Waals surface area contributed by atoms with Gasteiger partial charge in [-0.3, -0.25) is 0 Å². The van der Waals surface area contributed by atoms with Gasteiger partial charge in [-0.05, 0) is 88.0 Å². The zero-order valence-corrected chi connectivity index (χ0v) is 32.1. The number of benzene rings is 9. The highest BCUT2D eigenvalue weighted by Crippen LogP contribution is 2.57. The van der Waals surface area contributed by atoms with E-state index in [-0.39, 0.29) is 0 Å². The van der Waals surface area contributed by atoms with Crippen molar-refractivity contribution in [2.24, 2.45) is 0 Å². The van der Waals surface area contributed by atoms with Gasteiger partial charge in [0.1, 0.15) is 11.2 Å². The molecule has 0 atom stereocenters. The molecule has 3 nitrogen and oxygen atoms in total. The lowest BCUT2D eigenvalue weighted by Crippen LogP contribution is -2.37. The molecule has 12 rings (SSSR count). The molecule has 0 radical (unpaired) electrons. The molecule has 2 aromatic heterocycles. The van der Waals surface area contributed by atoms with Gasteiger partial charge >= 0.3 is 0 Å². The van der Waals surface area contributed by atoms with Crippen LogP contribution in [0.15, 0.2) is 223 Å². The molecule has 276 valence electrons. The number of pyridine rings is 1. The molecule has 3 heteroatoms. The number of rotatable bonds is 5. The van der Waals surface area contributed by atoms with Crippen LogP contribution in [0.4, 0.5) is 17.1 Å². The lowest BCUT2D eigenvalue weighted by atomic mass is 9.62. The third-order valence-corrected chi connectivity index (χ3v) is 12.3. The second kappa shape index (κ2) is 13.2. The SMILES string of the molecule is c1ccc(-c2nc3ccc(-c4cccc(N5c6ccccc6C(c6ccccc6)(c6ccccc6)c6ccccc65)c4)cc3c3c2ccc2oc4ccccc4c23)cc1. The second-order valence-electron chi connectivity index (χ2n) is 15.4. The van der Waals surface area contributed by atoms with Crippen molar-refractivity contribution in [3.8, 4) is 22.4 Å². The van der Waals surface area contributed by atoms with Crippen molar-refractivity contribution < 1.29 is 4.42 Å². The first-order valence-corrected chi connectivity index (χ1v) is 20.2. The molecule has 0 fully saturated rings. The molecule has 0 unspecified atom stereocenters. The van der Waals surface area contributed by atoms with Crippen LogP contribution in [-0.4, -0.2) is 4.98 Å². The van der Waals surface area contributed by atoms with Gasteiger partial charge in [0.15, 0.2) is 0 Å². The molecular formula is C56H36N2O. The lowest BCUT2D eigenvalue weighted by molar-refractivity contribution is 0.669. The summed E-state index contributed by atoms with van der Waals surface area (Å²) in [7, 11) is 0. The highest BCUT2D eigenvalue weighted by atomic mass is 16.3. The molecule has 3 heterocycles. The number of hydrogen-bond acceptors (Lipinski definition) is 3. The van der Waals surface area contributed by atoms with Crippen molar-refractivity contribution in [3.05, 3.63) is 241 Å². The Morgan fingerprint density at radius 1 is 0.390 bits per heavy atom. The summed E-state index contributed by atoms with van der Waals surface area (Å²) < 4.78 is 6.46. The van der Waals surface area contributed by atoms with E-state index in [4.69, 9.17) is 9.40 Å². The number of hydrogen-bond donors (Lipinski definition) is 0. The Kier molecular flexibility index (Phi) is 7.45. The molecular weight excluding hydrogens is 717 g/mol. The van der Waals surface area contributed by atoms with E-state index >= 15 is 0 Å². The van der Waals surface area contributed by atoms with Crippen molar-refractivity contribution in [2.75, 3.05) is 4.90 Å². The summed E-state index contributed by atoms with van der Waals surface area (Å²) in [5.41, 5.74) is 14.9. The maximum Gasteiger partial charge on any atom is 0.136 e. The maximum absolute atomic E-state index is 6.46. The molecule has 0 aliphatic carbocycles. The zero-order chi connectivity index (χ0) is 38.9. The van der Waals surface area contributed by atoms with Gasteiger partial charge in [0.05, 0.1) is 28.0 Å². The number of furan rings is 1. The van der Waals surface area contributed by atoms with Crippen molar-refractivity contribution in [2.45, 2.75) is 5.41 Å². The first-order chi connectivity index (χ1) is 29.3. The van der Waals surface area contributed by atoms with Gasteiger partial charge in [-0.1, -0.05) is 164 Å². The first-order valence-electron chi connectivity index (χ1n) is 20.2. The van der Waals surface area contributed by atoms with Crippen LogP contribution in [-0.2, 0) is 5.41 Å². The van der Waals surface area contributed by atoms with E-state index in [1.807, 2.05) is 6.07 Å². The Hall–Kier alpha value is -7.75. The predicted octanol–water partition coefficient (Wildman–Crippen LogP) is 14.8. The molecule has 11 aromatic rings. The zero-order valence-electron chi connectivity index (χ0n) is 32.1. The van der Waals surface area contributed by atoms with Crippen molar-refractivity contribution in [1.82, 2.24) is 4.98 Å². The van der Waals surface area contributed by atoms with Crippen molar-refractivity contribution in [3.63, 3.8) is 0 Å². The number of para-hydroxylation sites is 3. The van der Waals surface area contributed by atoms with Crippen molar-refractivity contribution in [1.29, 1.82) is 0 Å². The minimum absolute atomic E-state index is 0.516. The van der Waals surface area contributed by atoms with E-state index < -0.39 is 5.41 Å². The smallest absolute Gasteiger partial charge is 0.136 e. The molecule has 9 aromatic carbocycles. The van der Waals surface area contributed by atoms with Crippen LogP contribution in [0, 0.1) is 0 Å². The van der Waals surface area contributed by atoms with Gasteiger partial charge in [-0.15, -0.1) is 0 Å². The Bertz CT molecular complexity index is 3300. The fraction of sp³-hybridized carbons (Fsp3) is 0.0179. The highest BCUT2D eigenvalue weighted by molar-refractivity contribution is 6.28. The number of nitrogens with zero attached hydrogens (tertiary/aromatic N) is 2. The normalized spacial score (nSPS) is 13.2. The lowest BCUT2D eigenvalue weighted by Gasteiger charge is -2.46. The average molecular weight is 753 g/mol. The molecule has 0 amide bonds. The molecule has 59 heavy (non-hydrogen) atoms. The molecule has 1 aliphatic rings. The van der Waals surface area contributed by atoms with Crippen LogP contribution >= 0.6 is 0 Å². The van der Waals surface area contributed by atoms with E-state index in [1.165, 1.54) is 22.3 Å². The van der Waals surface area contributed by atoms with Gasteiger partial charge in [0.25, 0.3) is 0 Å². The first kappa shape index (κ1) is 33.4. The van der Waals surface area contributed by atoms with Gasteiger partial charge in [-0.25, -0.2) is 4.98 Å². The Balaban J connectivity index is 1.08. The predicted molar refractivity (Wildman–Crippen MR) is 244 cm³/mol. The van der Waals surface area contributed by atoms with E-state index in [0.29, 0.717) is 0 Å². The van der Waals surface area contributed by atoms with E-state index in [2.05, 4.69) is 217 Å². The fourth-order valence-electron chi connectivity index (χ4n) is 9.82. The van der Waals surface area contributed by atoms with E-state index in [1.54, 1.807) is 0 Å². The number of fused-ring (bicyclic) bond motifs is 9. The monoisotopic (exact) mass is 752 g/mol. The van der Waals surface area contributed by atoms with Gasteiger partial charge in [0.2, 0.25) is 0 Å². The summed E-state index contributed by atoms with van der Waals surface area (Å²) in [6.45, 7) is 0. The fourth-order valence-corrected chi connectivity index (χ4v) is 9.82. The molecule has 0 saturated carbocycles. The summed E-state index contributed by atoms with van der Waals surface area (Å²) in [6.07, 6.45) is 0. The summed E-state index contributed by atoms with van der Waals surface area (Å²) in [5, 5.41) is 5.60. The van der Waals surface area contributed by atoms with Gasteiger partial charge < -0.3 is 9.32 Å². The molecule has 0 N–H and O–H groups in total. The Morgan fingerprint density at radius 2 is 0.983 bits per heavy atom. The highest BCUT2D eigenvalue weighted by Gasteiger charge is 2.46. The average Bonchev–Trinajstić information content (AvgIpc) is 3.70. The Labute approximate surface area is 342 Å². The summed E-state index contributed by atoms with van der Waals surface area (Å²) in [5.74, 6) is 0. The number of anilines is 3. The van der Waals surface area contributed by atoms with E-state index in [0.717, 1.165) is 83.1 Å². The molecule has 0 spiro atoms. The van der Waals surface area contributed by atoms with Crippen LogP contribution in [0.2, 0.25) is 0 Å². The van der Waals surface area contributed by atoms with Gasteiger partial charge in [0, 0.05) is 38.2 Å². The quantitative estimate of drug-likeness (QED) is 0.164. The Morgan fingerprint density at radius 3 is 1.69 bits per heavy atom. The topological polar surface area (TPSA) is 29.3 Å². The van der Waals surface area contributed by atoms with Crippen LogP contribution in [0.1, 0.15) is 22.3 Å². The van der Waals surface area contributed by atoms with E-state index in [9.17, 15) is 0 Å². The minimum atomic E-state index is -0.516. The summed E-state index contributed by atoms with van der Waals surface area (Å²) in [6, 6.07) is 78.7. The summed E-state index contributed by atoms with van der Waals surface area (Å²) in [4.78, 5) is 7.79. The minimum Gasteiger partial charge on any atom is -0.456 e. The maximum atomic E-state index is 6.46. The largest absolute Gasteiger partial charge is 0.456 e. The molecule has 0 bridgehead atoms. The number of aromatic nitrogens is 1. The third-order valence-electron chi connectivity index (χ3n) is 12.3.